The Kier molecular flexibility index (Phi) is 2.36. The van der Waals surface area contributed by atoms with Crippen LogP contribution in [0.5, 0.6) is 0 Å². The average Bonchev–Trinajstić information content (AvgIpc) is 2.12. The molecule has 0 fully saturated rings. The molecule has 0 atom stereocenters. The van der Waals surface area contributed by atoms with Gasteiger partial charge < -0.3 is 11.1 Å². The van der Waals surface area contributed by atoms with E-state index in [9.17, 15) is 14.9 Å². The number of hydrogen-bond donors (Lipinski definition) is 2. The van der Waals surface area contributed by atoms with E-state index in [0.29, 0.717) is 0 Å². The van der Waals surface area contributed by atoms with Gasteiger partial charge in [0.2, 0.25) is 11.8 Å². The van der Waals surface area contributed by atoms with Crippen molar-refractivity contribution in [3.05, 3.63) is 20.5 Å². The number of nitrogens with two attached hydrogens (primary N) is 1. The molecule has 1 aromatic rings. The Morgan fingerprint density at radius 2 is 2.21 bits per heavy atom. The zero-order chi connectivity index (χ0) is 10.9. The third kappa shape index (κ3) is 1.37. The first-order valence-corrected chi connectivity index (χ1v) is 3.67. The molecule has 1 aromatic heterocycles. The van der Waals surface area contributed by atoms with E-state index < -0.39 is 16.2 Å². The minimum Gasteiger partial charge on any atom is -0.369 e. The Balaban J connectivity index is 3.62. The van der Waals surface area contributed by atoms with Gasteiger partial charge in [-0.25, -0.2) is 0 Å². The molecule has 0 amide bonds. The summed E-state index contributed by atoms with van der Waals surface area (Å²) >= 11 is 0. The highest BCUT2D eigenvalue weighted by Gasteiger charge is 2.22. The molecule has 1 rings (SSSR count). The van der Waals surface area contributed by atoms with Crippen molar-refractivity contribution in [1.29, 1.82) is 0 Å². The monoisotopic (exact) mass is 199 g/mol. The zero-order valence-electron chi connectivity index (χ0n) is 7.64. The molecule has 0 saturated carbocycles. The number of nitrogens with one attached hydrogen (secondary N) is 1. The maximum atomic E-state index is 11.4. The topological polar surface area (TPSA) is 116 Å². The van der Waals surface area contributed by atoms with E-state index >= 15 is 0 Å². The Labute approximate surface area is 78.5 Å². The van der Waals surface area contributed by atoms with Gasteiger partial charge in [-0.05, 0) is 0 Å². The summed E-state index contributed by atoms with van der Waals surface area (Å²) in [5.41, 5.74) is 3.96. The number of nitrogen functional groups attached to an aromatic ring is 1. The van der Waals surface area contributed by atoms with Gasteiger partial charge in [0.25, 0.3) is 0 Å². The highest BCUT2D eigenvalue weighted by molar-refractivity contribution is 5.56. The highest BCUT2D eigenvalue weighted by Crippen LogP contribution is 2.16. The maximum Gasteiger partial charge on any atom is 0.375 e. The number of anilines is 2. The smallest absolute Gasteiger partial charge is 0.369 e. The van der Waals surface area contributed by atoms with Gasteiger partial charge in [-0.1, -0.05) is 0 Å². The fourth-order valence-electron chi connectivity index (χ4n) is 0.946. The van der Waals surface area contributed by atoms with Crippen LogP contribution >= 0.6 is 0 Å². The van der Waals surface area contributed by atoms with Gasteiger partial charge in [-0.15, -0.1) is 0 Å². The van der Waals surface area contributed by atoms with Crippen LogP contribution < -0.4 is 16.6 Å². The zero-order valence-corrected chi connectivity index (χ0v) is 7.64. The molecule has 8 heteroatoms. The molecule has 8 nitrogen and oxygen atoms in total. The first-order chi connectivity index (χ1) is 6.49. The van der Waals surface area contributed by atoms with Gasteiger partial charge in [0.15, 0.2) is 0 Å². The summed E-state index contributed by atoms with van der Waals surface area (Å²) in [5, 5.41) is 13.0. The minimum absolute atomic E-state index is 0.0787. The summed E-state index contributed by atoms with van der Waals surface area (Å²) < 4.78 is 0.916. The minimum atomic E-state index is -0.791. The molecule has 0 aliphatic heterocycles. The molecule has 0 spiro atoms. The van der Waals surface area contributed by atoms with Crippen molar-refractivity contribution >= 4 is 17.5 Å². The van der Waals surface area contributed by atoms with Crippen LogP contribution in [0.25, 0.3) is 0 Å². The fourth-order valence-corrected chi connectivity index (χ4v) is 0.946. The van der Waals surface area contributed by atoms with E-state index in [1.165, 1.54) is 14.1 Å². The second kappa shape index (κ2) is 3.32. The van der Waals surface area contributed by atoms with Crippen molar-refractivity contribution in [3.8, 4) is 0 Å². The van der Waals surface area contributed by atoms with Crippen LogP contribution in [0.4, 0.5) is 17.5 Å². The number of hydrogen-bond acceptors (Lipinski definition) is 6. The van der Waals surface area contributed by atoms with E-state index in [4.69, 9.17) is 5.73 Å². The molecule has 0 aromatic carbocycles. The van der Waals surface area contributed by atoms with Crippen LogP contribution in [-0.2, 0) is 7.05 Å². The lowest BCUT2D eigenvalue weighted by Crippen LogP contribution is -2.25. The Morgan fingerprint density at radius 3 is 2.64 bits per heavy atom. The van der Waals surface area contributed by atoms with Crippen molar-refractivity contribution in [2.24, 2.45) is 7.05 Å². The normalized spacial score (nSPS) is 9.86. The van der Waals surface area contributed by atoms with E-state index in [1.807, 2.05) is 0 Å². The lowest BCUT2D eigenvalue weighted by molar-refractivity contribution is -0.385. The second-order valence-corrected chi connectivity index (χ2v) is 2.54. The first-order valence-electron chi connectivity index (χ1n) is 3.67. The van der Waals surface area contributed by atoms with Crippen molar-refractivity contribution in [3.63, 3.8) is 0 Å². The van der Waals surface area contributed by atoms with Gasteiger partial charge in [0.1, 0.15) is 0 Å². The molecule has 0 saturated heterocycles. The molecule has 0 aliphatic carbocycles. The summed E-state index contributed by atoms with van der Waals surface area (Å²) in [6.07, 6.45) is 0. The average molecular weight is 199 g/mol. The number of aromatic nitrogens is 2. The van der Waals surface area contributed by atoms with Crippen LogP contribution in [0.2, 0.25) is 0 Å². The van der Waals surface area contributed by atoms with Crippen LogP contribution in [0, 0.1) is 10.1 Å². The Bertz CT molecular complexity index is 438. The first kappa shape index (κ1) is 9.96. The van der Waals surface area contributed by atoms with Crippen molar-refractivity contribution in [1.82, 2.24) is 9.55 Å². The lowest BCUT2D eigenvalue weighted by atomic mass is 10.4. The Morgan fingerprint density at radius 1 is 1.64 bits per heavy atom. The molecule has 0 aliphatic rings. The molecule has 0 radical (unpaired) electrons. The standard InChI is InChI=1S/C6H9N5O3/c1-8-4-3(11(13)14)5(12)10(2)6(7)9-4/h8H,1-2H3,(H2,7,9). The molecule has 0 unspecified atom stereocenters. The molecule has 14 heavy (non-hydrogen) atoms. The summed E-state index contributed by atoms with van der Waals surface area (Å²) in [6, 6.07) is 0. The van der Waals surface area contributed by atoms with Crippen LogP contribution in [0.1, 0.15) is 0 Å². The molecular formula is C6H9N5O3. The predicted molar refractivity (Wildman–Crippen MR) is 50.1 cm³/mol. The molecular weight excluding hydrogens is 190 g/mol. The SMILES string of the molecule is CNc1nc(N)n(C)c(=O)c1[N+](=O)[O-]. The van der Waals surface area contributed by atoms with Crippen LogP contribution in [0.3, 0.4) is 0 Å². The maximum absolute atomic E-state index is 11.4. The van der Waals surface area contributed by atoms with Crippen LogP contribution in [-0.4, -0.2) is 21.5 Å². The van der Waals surface area contributed by atoms with E-state index in [-0.39, 0.29) is 11.8 Å². The van der Waals surface area contributed by atoms with Crippen molar-refractivity contribution < 1.29 is 4.92 Å². The van der Waals surface area contributed by atoms with Gasteiger partial charge in [-0.2, -0.15) is 4.98 Å². The quantitative estimate of drug-likeness (QED) is 0.481. The molecule has 3 N–H and O–H groups in total. The Hall–Kier alpha value is -2.12. The third-order valence-electron chi connectivity index (χ3n) is 1.72. The second-order valence-electron chi connectivity index (χ2n) is 2.54. The van der Waals surface area contributed by atoms with Gasteiger partial charge in [-0.3, -0.25) is 19.5 Å². The summed E-state index contributed by atoms with van der Waals surface area (Å²) in [7, 11) is 2.74. The molecule has 0 bridgehead atoms. The third-order valence-corrected chi connectivity index (χ3v) is 1.72. The van der Waals surface area contributed by atoms with E-state index in [2.05, 4.69) is 10.3 Å². The van der Waals surface area contributed by atoms with Crippen molar-refractivity contribution in [2.75, 3.05) is 18.1 Å². The highest BCUT2D eigenvalue weighted by atomic mass is 16.6. The fraction of sp³-hybridized carbons (Fsp3) is 0.333. The number of rotatable bonds is 2. The van der Waals surface area contributed by atoms with Gasteiger partial charge in [0.05, 0.1) is 4.92 Å². The predicted octanol–water partition coefficient (Wildman–Crippen LogP) is -0.688. The number of nitro groups is 1. The number of nitrogens with zero attached hydrogens (tertiary/aromatic N) is 3. The van der Waals surface area contributed by atoms with Crippen LogP contribution in [0.15, 0.2) is 4.79 Å². The summed E-state index contributed by atoms with van der Waals surface area (Å²) in [6.45, 7) is 0. The van der Waals surface area contributed by atoms with Gasteiger partial charge >= 0.3 is 11.2 Å². The van der Waals surface area contributed by atoms with E-state index in [1.54, 1.807) is 0 Å². The summed E-state index contributed by atoms with van der Waals surface area (Å²) in [5.74, 6) is -0.208. The summed E-state index contributed by atoms with van der Waals surface area (Å²) in [4.78, 5) is 24.8. The lowest BCUT2D eigenvalue weighted by Gasteiger charge is -2.05. The van der Waals surface area contributed by atoms with Gasteiger partial charge in [0, 0.05) is 14.1 Å². The molecule has 76 valence electrons. The van der Waals surface area contributed by atoms with E-state index in [0.717, 1.165) is 4.57 Å². The molecule has 1 heterocycles. The van der Waals surface area contributed by atoms with Crippen molar-refractivity contribution in [2.45, 2.75) is 0 Å². The largest absolute Gasteiger partial charge is 0.375 e.